The molecule has 0 bridgehead atoms. The van der Waals surface area contributed by atoms with Gasteiger partial charge in [-0.25, -0.2) is 0 Å². The molecule has 5 nitrogen and oxygen atoms in total. The van der Waals surface area contributed by atoms with Gasteiger partial charge in [-0.05, 0) is 13.3 Å². The average molecular weight is 300 g/mol. The lowest BCUT2D eigenvalue weighted by molar-refractivity contribution is -0.143. The highest BCUT2D eigenvalue weighted by molar-refractivity contribution is 5.68. The number of hydrogen-bond acceptors (Lipinski definition) is 4. The molecule has 1 aliphatic rings. The van der Waals surface area contributed by atoms with Gasteiger partial charge in [-0.1, -0.05) is 45.4 Å². The summed E-state index contributed by atoms with van der Waals surface area (Å²) in [6, 6.07) is 0. The summed E-state index contributed by atoms with van der Waals surface area (Å²) >= 11 is 0. The quantitative estimate of drug-likeness (QED) is 0.510. The van der Waals surface area contributed by atoms with Gasteiger partial charge in [0.15, 0.2) is 0 Å². The Labute approximate surface area is 128 Å². The van der Waals surface area contributed by atoms with Gasteiger partial charge in [0.05, 0.1) is 18.1 Å². The van der Waals surface area contributed by atoms with Crippen molar-refractivity contribution < 1.29 is 15.0 Å². The zero-order valence-corrected chi connectivity index (χ0v) is 13.6. The van der Waals surface area contributed by atoms with E-state index in [0.717, 1.165) is 32.4 Å². The summed E-state index contributed by atoms with van der Waals surface area (Å²) in [5.74, 6) is -0.825. The maximum absolute atomic E-state index is 11.3. The number of aliphatic hydroxyl groups is 1. The van der Waals surface area contributed by atoms with E-state index in [-0.39, 0.29) is 6.42 Å². The number of hydrogen-bond donors (Lipinski definition) is 3. The van der Waals surface area contributed by atoms with Gasteiger partial charge in [0, 0.05) is 19.8 Å². The van der Waals surface area contributed by atoms with Crippen LogP contribution >= 0.6 is 0 Å². The molecule has 0 amide bonds. The monoisotopic (exact) mass is 300 g/mol. The molecule has 21 heavy (non-hydrogen) atoms. The molecule has 1 aliphatic heterocycles. The highest BCUT2D eigenvalue weighted by Crippen LogP contribution is 2.31. The Balaban J connectivity index is 2.59. The summed E-state index contributed by atoms with van der Waals surface area (Å²) in [5.41, 5.74) is -0.625. The van der Waals surface area contributed by atoms with Crippen LogP contribution in [0, 0.1) is 0 Å². The highest BCUT2D eigenvalue weighted by atomic mass is 16.4. The summed E-state index contributed by atoms with van der Waals surface area (Å²) in [6.45, 7) is 6.29. The van der Waals surface area contributed by atoms with E-state index in [1.807, 2.05) is 0 Å². The van der Waals surface area contributed by atoms with Gasteiger partial charge < -0.3 is 15.5 Å². The fourth-order valence-corrected chi connectivity index (χ4v) is 3.34. The summed E-state index contributed by atoms with van der Waals surface area (Å²) in [7, 11) is 0. The molecule has 1 heterocycles. The third-order valence-corrected chi connectivity index (χ3v) is 4.69. The maximum Gasteiger partial charge on any atom is 0.305 e. The van der Waals surface area contributed by atoms with Crippen molar-refractivity contribution >= 4 is 5.97 Å². The van der Waals surface area contributed by atoms with Gasteiger partial charge >= 0.3 is 5.97 Å². The van der Waals surface area contributed by atoms with Crippen molar-refractivity contribution in [1.82, 2.24) is 10.2 Å². The Morgan fingerprint density at radius 1 is 1.29 bits per heavy atom. The maximum atomic E-state index is 11.3. The van der Waals surface area contributed by atoms with Gasteiger partial charge in [-0.3, -0.25) is 9.69 Å². The summed E-state index contributed by atoms with van der Waals surface area (Å²) < 4.78 is 0. The van der Waals surface area contributed by atoms with E-state index < -0.39 is 17.6 Å². The van der Waals surface area contributed by atoms with Crippen LogP contribution in [0.25, 0.3) is 0 Å². The normalized spacial score (nSPS) is 20.3. The molecular weight excluding hydrogens is 268 g/mol. The van der Waals surface area contributed by atoms with Gasteiger partial charge in [0.1, 0.15) is 0 Å². The molecule has 124 valence electrons. The van der Waals surface area contributed by atoms with Gasteiger partial charge in [-0.15, -0.1) is 0 Å². The fraction of sp³-hybridized carbons (Fsp3) is 0.938. The van der Waals surface area contributed by atoms with Crippen LogP contribution in [0.3, 0.4) is 0 Å². The molecular formula is C16H32N2O3. The first kappa shape index (κ1) is 18.4. The SMILES string of the molecule is CCCCCCCCC(CC(=O)O)(C(C)O)N1CCNC1. The first-order chi connectivity index (χ1) is 10.0. The number of carboxylic acid groups (broad SMARTS) is 1. The second kappa shape index (κ2) is 9.38. The van der Waals surface area contributed by atoms with Crippen LogP contribution in [0.1, 0.15) is 65.2 Å². The van der Waals surface area contributed by atoms with Crippen LogP contribution in [0.5, 0.6) is 0 Å². The van der Waals surface area contributed by atoms with Crippen LogP contribution in [-0.4, -0.2) is 52.5 Å². The number of nitrogens with one attached hydrogen (secondary N) is 1. The smallest absolute Gasteiger partial charge is 0.305 e. The van der Waals surface area contributed by atoms with Crippen LogP contribution < -0.4 is 5.32 Å². The molecule has 2 atom stereocenters. The Hall–Kier alpha value is -0.650. The van der Waals surface area contributed by atoms with Crippen LogP contribution in [-0.2, 0) is 4.79 Å². The van der Waals surface area contributed by atoms with E-state index in [0.29, 0.717) is 6.67 Å². The van der Waals surface area contributed by atoms with Gasteiger partial charge in [0.25, 0.3) is 0 Å². The lowest BCUT2D eigenvalue weighted by Gasteiger charge is -2.43. The largest absolute Gasteiger partial charge is 0.481 e. The van der Waals surface area contributed by atoms with Crippen molar-refractivity contribution in [3.05, 3.63) is 0 Å². The Morgan fingerprint density at radius 2 is 1.95 bits per heavy atom. The molecule has 3 N–H and O–H groups in total. The van der Waals surface area contributed by atoms with Crippen LogP contribution in [0.2, 0.25) is 0 Å². The topological polar surface area (TPSA) is 72.8 Å². The van der Waals surface area contributed by atoms with Crippen molar-refractivity contribution in [2.24, 2.45) is 0 Å². The Morgan fingerprint density at radius 3 is 2.48 bits per heavy atom. The molecule has 0 saturated carbocycles. The molecule has 0 aliphatic carbocycles. The van der Waals surface area contributed by atoms with Crippen LogP contribution in [0.4, 0.5) is 0 Å². The number of carbonyl (C=O) groups is 1. The van der Waals surface area contributed by atoms with E-state index in [1.165, 1.54) is 25.7 Å². The molecule has 5 heteroatoms. The lowest BCUT2D eigenvalue weighted by Crippen LogP contribution is -2.56. The molecule has 1 fully saturated rings. The predicted octanol–water partition coefficient (Wildman–Crippen LogP) is 2.19. The molecule has 0 aromatic heterocycles. The van der Waals surface area contributed by atoms with Crippen molar-refractivity contribution in [2.75, 3.05) is 19.8 Å². The Bertz CT molecular complexity index is 304. The summed E-state index contributed by atoms with van der Waals surface area (Å²) in [5, 5.41) is 22.8. The van der Waals surface area contributed by atoms with Crippen molar-refractivity contribution in [3.8, 4) is 0 Å². The van der Waals surface area contributed by atoms with E-state index in [2.05, 4.69) is 17.1 Å². The predicted molar refractivity (Wildman–Crippen MR) is 84.2 cm³/mol. The summed E-state index contributed by atoms with van der Waals surface area (Å²) in [6.07, 6.45) is 7.20. The second-order valence-electron chi connectivity index (χ2n) is 6.29. The summed E-state index contributed by atoms with van der Waals surface area (Å²) in [4.78, 5) is 13.4. The Kier molecular flexibility index (Phi) is 8.22. The van der Waals surface area contributed by atoms with Gasteiger partial charge in [0.2, 0.25) is 0 Å². The van der Waals surface area contributed by atoms with E-state index in [9.17, 15) is 15.0 Å². The van der Waals surface area contributed by atoms with Crippen molar-refractivity contribution in [2.45, 2.75) is 76.9 Å². The fourth-order valence-electron chi connectivity index (χ4n) is 3.34. The number of carboxylic acids is 1. The lowest BCUT2D eigenvalue weighted by atomic mass is 9.82. The molecule has 1 rings (SSSR count). The standard InChI is InChI=1S/C16H32N2O3/c1-3-4-5-6-7-8-9-16(14(2)19,12-15(20)21)18-11-10-17-13-18/h14,17,19H,3-13H2,1-2H3,(H,20,21). The zero-order valence-electron chi connectivity index (χ0n) is 13.6. The molecule has 0 aromatic rings. The highest BCUT2D eigenvalue weighted by Gasteiger charge is 2.43. The average Bonchev–Trinajstić information content (AvgIpc) is 2.95. The van der Waals surface area contributed by atoms with E-state index in [1.54, 1.807) is 6.92 Å². The minimum absolute atomic E-state index is 0.0152. The minimum Gasteiger partial charge on any atom is -0.481 e. The van der Waals surface area contributed by atoms with E-state index >= 15 is 0 Å². The number of nitrogens with zero attached hydrogens (tertiary/aromatic N) is 1. The number of aliphatic carboxylic acids is 1. The molecule has 2 unspecified atom stereocenters. The second-order valence-corrected chi connectivity index (χ2v) is 6.29. The number of aliphatic hydroxyl groups excluding tert-OH is 1. The third kappa shape index (κ3) is 5.57. The molecule has 1 saturated heterocycles. The first-order valence-corrected chi connectivity index (χ1v) is 8.38. The van der Waals surface area contributed by atoms with Gasteiger partial charge in [-0.2, -0.15) is 0 Å². The molecule has 0 spiro atoms. The number of rotatable bonds is 11. The first-order valence-electron chi connectivity index (χ1n) is 8.38. The molecule has 0 aromatic carbocycles. The minimum atomic E-state index is -0.825. The van der Waals surface area contributed by atoms with E-state index in [4.69, 9.17) is 0 Å². The third-order valence-electron chi connectivity index (χ3n) is 4.69. The van der Waals surface area contributed by atoms with Crippen molar-refractivity contribution in [3.63, 3.8) is 0 Å². The zero-order chi connectivity index (χ0) is 15.7. The number of unbranched alkanes of at least 4 members (excludes halogenated alkanes) is 5. The molecule has 0 radical (unpaired) electrons. The van der Waals surface area contributed by atoms with Crippen molar-refractivity contribution in [1.29, 1.82) is 0 Å². The van der Waals surface area contributed by atoms with Crippen LogP contribution in [0.15, 0.2) is 0 Å².